The molecule has 1 saturated heterocycles. The highest BCUT2D eigenvalue weighted by Gasteiger charge is 2.20. The molecule has 1 N–H and O–H groups in total. The number of nitro benzene ring substituents is 1. The minimum Gasteiger partial charge on any atom is -0.496 e. The monoisotopic (exact) mass is 383 g/mol. The lowest BCUT2D eigenvalue weighted by atomic mass is 10.1. The van der Waals surface area contributed by atoms with Gasteiger partial charge in [0.15, 0.2) is 0 Å². The van der Waals surface area contributed by atoms with E-state index in [9.17, 15) is 19.7 Å². The van der Waals surface area contributed by atoms with Crippen LogP contribution in [0.1, 0.15) is 35.2 Å². The van der Waals surface area contributed by atoms with Crippen LogP contribution in [-0.2, 0) is 11.3 Å². The largest absolute Gasteiger partial charge is 0.496 e. The summed E-state index contributed by atoms with van der Waals surface area (Å²) in [6.45, 7) is 0.917. The Hall–Kier alpha value is -3.42. The molecule has 0 radical (unpaired) electrons. The molecular weight excluding hydrogens is 362 g/mol. The van der Waals surface area contributed by atoms with E-state index in [1.54, 1.807) is 4.90 Å². The molecular formula is C20H21N3O5. The molecule has 146 valence electrons. The molecule has 8 heteroatoms. The lowest BCUT2D eigenvalue weighted by Crippen LogP contribution is -2.35. The molecule has 8 nitrogen and oxygen atoms in total. The van der Waals surface area contributed by atoms with Crippen LogP contribution in [0.2, 0.25) is 0 Å². The highest BCUT2D eigenvalue weighted by Crippen LogP contribution is 2.25. The number of non-ortho nitro benzene ring substituents is 1. The number of amides is 2. The van der Waals surface area contributed by atoms with Crippen molar-refractivity contribution in [1.82, 2.24) is 5.32 Å². The van der Waals surface area contributed by atoms with Gasteiger partial charge in [-0.2, -0.15) is 0 Å². The summed E-state index contributed by atoms with van der Waals surface area (Å²) in [5.74, 6) is -0.107. The van der Waals surface area contributed by atoms with Gasteiger partial charge in [-0.25, -0.2) is 0 Å². The van der Waals surface area contributed by atoms with E-state index < -0.39 is 10.8 Å². The fourth-order valence-corrected chi connectivity index (χ4v) is 3.18. The number of hydrogen-bond donors (Lipinski definition) is 1. The van der Waals surface area contributed by atoms with Crippen molar-refractivity contribution in [2.24, 2.45) is 0 Å². The molecule has 0 atom stereocenters. The molecule has 0 saturated carbocycles. The molecule has 2 aromatic rings. The molecule has 1 aliphatic rings. The predicted molar refractivity (Wildman–Crippen MR) is 103 cm³/mol. The maximum Gasteiger partial charge on any atom is 0.270 e. The van der Waals surface area contributed by atoms with Gasteiger partial charge in [0, 0.05) is 37.3 Å². The average Bonchev–Trinajstić information content (AvgIpc) is 2.72. The lowest BCUT2D eigenvalue weighted by Gasteiger charge is -2.27. The number of benzene rings is 2. The van der Waals surface area contributed by atoms with Gasteiger partial charge in [-0.3, -0.25) is 19.7 Å². The Labute approximate surface area is 162 Å². The topological polar surface area (TPSA) is 102 Å². The van der Waals surface area contributed by atoms with E-state index in [0.717, 1.165) is 24.1 Å². The second kappa shape index (κ2) is 8.51. The van der Waals surface area contributed by atoms with Crippen LogP contribution < -0.4 is 15.0 Å². The van der Waals surface area contributed by atoms with E-state index in [2.05, 4.69) is 5.32 Å². The van der Waals surface area contributed by atoms with Crippen molar-refractivity contribution in [1.29, 1.82) is 0 Å². The molecule has 0 aromatic heterocycles. The Bertz CT molecular complexity index is 912. The number of nitro groups is 1. The third-order valence-electron chi connectivity index (χ3n) is 4.64. The fraction of sp³-hybridized carbons (Fsp3) is 0.300. The number of piperidine rings is 1. The first-order valence-electron chi connectivity index (χ1n) is 8.99. The van der Waals surface area contributed by atoms with Gasteiger partial charge in [-0.15, -0.1) is 0 Å². The zero-order valence-electron chi connectivity index (χ0n) is 15.5. The summed E-state index contributed by atoms with van der Waals surface area (Å²) in [7, 11) is 1.40. The minimum absolute atomic E-state index is 0.0964. The molecule has 2 aromatic carbocycles. The molecule has 28 heavy (non-hydrogen) atoms. The molecule has 1 aliphatic heterocycles. The second-order valence-corrected chi connectivity index (χ2v) is 6.50. The summed E-state index contributed by atoms with van der Waals surface area (Å²) in [5.41, 5.74) is 1.55. The number of carbonyl (C=O) groups is 2. The standard InChI is InChI=1S/C20H21N3O5/c1-28-18-9-8-16(23(26)27)12-17(18)20(25)21-13-14-5-4-6-15(11-14)22-10-3-2-7-19(22)24/h4-6,8-9,11-12H,2-3,7,10,13H2,1H3,(H,21,25). The van der Waals surface area contributed by atoms with Gasteiger partial charge in [0.2, 0.25) is 5.91 Å². The smallest absolute Gasteiger partial charge is 0.270 e. The van der Waals surface area contributed by atoms with Crippen LogP contribution in [0.3, 0.4) is 0 Å². The molecule has 1 fully saturated rings. The summed E-state index contributed by atoms with van der Waals surface area (Å²) < 4.78 is 5.14. The van der Waals surface area contributed by atoms with Gasteiger partial charge in [-0.1, -0.05) is 12.1 Å². The van der Waals surface area contributed by atoms with Gasteiger partial charge < -0.3 is 15.0 Å². The number of anilines is 1. The molecule has 3 rings (SSSR count). The van der Waals surface area contributed by atoms with Crippen molar-refractivity contribution in [3.63, 3.8) is 0 Å². The number of nitrogens with one attached hydrogen (secondary N) is 1. The Morgan fingerprint density at radius 2 is 2.07 bits per heavy atom. The Kier molecular flexibility index (Phi) is 5.88. The third kappa shape index (κ3) is 4.28. The highest BCUT2D eigenvalue weighted by atomic mass is 16.6. The normalized spacial score (nSPS) is 13.9. The van der Waals surface area contributed by atoms with Crippen molar-refractivity contribution in [3.05, 3.63) is 63.7 Å². The maximum absolute atomic E-state index is 12.5. The number of nitrogens with zero attached hydrogens (tertiary/aromatic N) is 2. The minimum atomic E-state index is -0.560. The Morgan fingerprint density at radius 1 is 1.25 bits per heavy atom. The number of hydrogen-bond acceptors (Lipinski definition) is 5. The van der Waals surface area contributed by atoms with Crippen molar-refractivity contribution in [2.45, 2.75) is 25.8 Å². The molecule has 0 spiro atoms. The van der Waals surface area contributed by atoms with Crippen LogP contribution in [0.5, 0.6) is 5.75 Å². The van der Waals surface area contributed by atoms with Crippen LogP contribution in [0.15, 0.2) is 42.5 Å². The Balaban J connectivity index is 1.73. The lowest BCUT2D eigenvalue weighted by molar-refractivity contribution is -0.384. The van der Waals surface area contributed by atoms with Crippen LogP contribution in [-0.4, -0.2) is 30.4 Å². The van der Waals surface area contributed by atoms with Crippen LogP contribution >= 0.6 is 0 Å². The summed E-state index contributed by atoms with van der Waals surface area (Å²) in [6, 6.07) is 11.3. The first-order valence-corrected chi connectivity index (χ1v) is 8.99. The number of rotatable bonds is 6. The second-order valence-electron chi connectivity index (χ2n) is 6.50. The predicted octanol–water partition coefficient (Wildman–Crippen LogP) is 3.05. The van der Waals surface area contributed by atoms with E-state index in [0.29, 0.717) is 13.0 Å². The van der Waals surface area contributed by atoms with Gasteiger partial charge in [0.05, 0.1) is 17.6 Å². The van der Waals surface area contributed by atoms with Crippen LogP contribution in [0.4, 0.5) is 11.4 Å². The van der Waals surface area contributed by atoms with E-state index >= 15 is 0 Å². The summed E-state index contributed by atoms with van der Waals surface area (Å²) >= 11 is 0. The molecule has 1 heterocycles. The highest BCUT2D eigenvalue weighted by molar-refractivity contribution is 5.97. The van der Waals surface area contributed by atoms with E-state index in [4.69, 9.17) is 4.74 Å². The van der Waals surface area contributed by atoms with E-state index in [1.807, 2.05) is 24.3 Å². The van der Waals surface area contributed by atoms with Gasteiger partial charge in [0.25, 0.3) is 11.6 Å². The number of carbonyl (C=O) groups excluding carboxylic acids is 2. The van der Waals surface area contributed by atoms with Crippen LogP contribution in [0.25, 0.3) is 0 Å². The van der Waals surface area contributed by atoms with Crippen LogP contribution in [0, 0.1) is 10.1 Å². The van der Waals surface area contributed by atoms with Crippen molar-refractivity contribution >= 4 is 23.2 Å². The SMILES string of the molecule is COc1ccc([N+](=O)[O-])cc1C(=O)NCc1cccc(N2CCCCC2=O)c1. The van der Waals surface area contributed by atoms with Crippen molar-refractivity contribution in [2.75, 3.05) is 18.6 Å². The maximum atomic E-state index is 12.5. The van der Waals surface area contributed by atoms with Gasteiger partial charge in [-0.05, 0) is 36.6 Å². The average molecular weight is 383 g/mol. The first kappa shape index (κ1) is 19.3. The fourth-order valence-electron chi connectivity index (χ4n) is 3.18. The zero-order chi connectivity index (χ0) is 20.1. The summed E-state index contributed by atoms with van der Waals surface area (Å²) in [5, 5.41) is 13.7. The zero-order valence-corrected chi connectivity index (χ0v) is 15.5. The molecule has 2 amide bonds. The summed E-state index contributed by atoms with van der Waals surface area (Å²) in [4.78, 5) is 36.8. The number of methoxy groups -OCH3 is 1. The molecule has 0 aliphatic carbocycles. The Morgan fingerprint density at radius 3 is 2.79 bits per heavy atom. The molecule has 0 unspecified atom stereocenters. The van der Waals surface area contributed by atoms with Gasteiger partial charge in [0.1, 0.15) is 5.75 Å². The quantitative estimate of drug-likeness (QED) is 0.610. The summed E-state index contributed by atoms with van der Waals surface area (Å²) in [6.07, 6.45) is 2.43. The molecule has 0 bridgehead atoms. The number of ether oxygens (including phenoxy) is 1. The van der Waals surface area contributed by atoms with E-state index in [-0.39, 0.29) is 29.5 Å². The van der Waals surface area contributed by atoms with Crippen molar-refractivity contribution in [3.8, 4) is 5.75 Å². The van der Waals surface area contributed by atoms with E-state index in [1.165, 1.54) is 25.3 Å². The van der Waals surface area contributed by atoms with Gasteiger partial charge >= 0.3 is 0 Å². The van der Waals surface area contributed by atoms with Crippen molar-refractivity contribution < 1.29 is 19.2 Å². The third-order valence-corrected chi connectivity index (χ3v) is 4.64. The first-order chi connectivity index (χ1) is 13.5.